The number of carbonyl (C=O) groups excluding carboxylic acids is 1. The molecule has 0 saturated heterocycles. The molecule has 0 fully saturated rings. The normalized spacial score (nSPS) is 28.0. The first-order chi connectivity index (χ1) is 10.7. The Balaban J connectivity index is 2.08. The van der Waals surface area contributed by atoms with Crippen molar-refractivity contribution in [3.63, 3.8) is 0 Å². The smallest absolute Gasteiger partial charge is 0.334 e. The number of rotatable bonds is 2. The number of nitrogens with zero attached hydrogens (tertiary/aromatic N) is 1. The predicted octanol–water partition coefficient (Wildman–Crippen LogP) is 1.98. The Kier molecular flexibility index (Phi) is 3.34. The first kappa shape index (κ1) is 15.4. The molecule has 2 aliphatic rings. The largest absolute Gasteiger partial charge is 0.484 e. The van der Waals surface area contributed by atoms with Crippen LogP contribution in [0.1, 0.15) is 38.0 Å². The van der Waals surface area contributed by atoms with Crippen molar-refractivity contribution < 1.29 is 24.1 Å². The highest BCUT2D eigenvalue weighted by atomic mass is 16.6. The van der Waals surface area contributed by atoms with Crippen LogP contribution in [-0.4, -0.2) is 28.9 Å². The number of benzene rings is 1. The molecule has 120 valence electrons. The minimum Gasteiger partial charge on any atom is -0.484 e. The Bertz CT molecular complexity index is 742. The molecule has 23 heavy (non-hydrogen) atoms. The lowest BCUT2D eigenvalue weighted by molar-refractivity contribution is -0.189. The van der Waals surface area contributed by atoms with E-state index < -0.39 is 23.3 Å². The average Bonchev–Trinajstić information content (AvgIpc) is 2.89. The molecule has 3 rings (SSSR count). The molecular weight excluding hydrogens is 298 g/mol. The van der Waals surface area contributed by atoms with Crippen LogP contribution >= 0.6 is 0 Å². The van der Waals surface area contributed by atoms with Gasteiger partial charge in [-0.15, -0.1) is 0 Å². The number of esters is 1. The van der Waals surface area contributed by atoms with E-state index in [-0.39, 0.29) is 6.61 Å². The fourth-order valence-electron chi connectivity index (χ4n) is 2.67. The molecule has 2 unspecified atom stereocenters. The minimum atomic E-state index is -1.39. The molecule has 1 N–H and O–H groups in total. The zero-order valence-electron chi connectivity index (χ0n) is 13.1. The predicted molar refractivity (Wildman–Crippen MR) is 79.4 cm³/mol. The van der Waals surface area contributed by atoms with Crippen LogP contribution in [0.5, 0.6) is 5.75 Å². The van der Waals surface area contributed by atoms with Crippen molar-refractivity contribution in [3.8, 4) is 11.8 Å². The molecule has 0 aromatic heterocycles. The van der Waals surface area contributed by atoms with Gasteiger partial charge in [0.15, 0.2) is 6.10 Å². The lowest BCUT2D eigenvalue weighted by Crippen LogP contribution is -2.58. The average molecular weight is 315 g/mol. The van der Waals surface area contributed by atoms with Gasteiger partial charge in [-0.2, -0.15) is 5.26 Å². The van der Waals surface area contributed by atoms with Crippen LogP contribution < -0.4 is 4.74 Å². The topological polar surface area (TPSA) is 88.8 Å². The summed E-state index contributed by atoms with van der Waals surface area (Å²) in [7, 11) is 0. The summed E-state index contributed by atoms with van der Waals surface area (Å²) in [6.07, 6.45) is 0.460. The quantitative estimate of drug-likeness (QED) is 0.840. The molecular formula is C17H17NO5. The molecule has 0 aliphatic carbocycles. The second kappa shape index (κ2) is 5.00. The summed E-state index contributed by atoms with van der Waals surface area (Å²) in [6, 6.07) is 7.02. The van der Waals surface area contributed by atoms with Crippen LogP contribution in [0.25, 0.3) is 0 Å². The Morgan fingerprint density at radius 2 is 2.13 bits per heavy atom. The van der Waals surface area contributed by atoms with E-state index in [1.54, 1.807) is 39.0 Å². The van der Waals surface area contributed by atoms with Crippen molar-refractivity contribution in [2.75, 3.05) is 6.61 Å². The number of hydrogen-bond donors (Lipinski definition) is 1. The Morgan fingerprint density at radius 1 is 1.39 bits per heavy atom. The molecule has 2 heterocycles. The highest BCUT2D eigenvalue weighted by molar-refractivity contribution is 5.84. The van der Waals surface area contributed by atoms with Crippen molar-refractivity contribution in [2.45, 2.75) is 38.1 Å². The molecule has 2 aliphatic heterocycles. The van der Waals surface area contributed by atoms with E-state index in [4.69, 9.17) is 19.5 Å². The highest BCUT2D eigenvalue weighted by Crippen LogP contribution is 2.49. The molecule has 1 aromatic carbocycles. The molecule has 6 heteroatoms. The number of fused-ring (bicyclic) bond motifs is 1. The molecule has 2 atom stereocenters. The van der Waals surface area contributed by atoms with Gasteiger partial charge < -0.3 is 19.3 Å². The van der Waals surface area contributed by atoms with E-state index in [2.05, 4.69) is 6.07 Å². The van der Waals surface area contributed by atoms with E-state index in [9.17, 15) is 9.90 Å². The Labute approximate surface area is 133 Å². The van der Waals surface area contributed by atoms with Gasteiger partial charge in [0.05, 0.1) is 17.7 Å². The lowest BCUT2D eigenvalue weighted by atomic mass is 9.77. The van der Waals surface area contributed by atoms with Gasteiger partial charge in [0.25, 0.3) is 0 Å². The number of hydrogen-bond acceptors (Lipinski definition) is 6. The molecule has 0 amide bonds. The van der Waals surface area contributed by atoms with Crippen LogP contribution in [0.15, 0.2) is 30.0 Å². The molecule has 0 saturated carbocycles. The van der Waals surface area contributed by atoms with Gasteiger partial charge >= 0.3 is 5.97 Å². The van der Waals surface area contributed by atoms with Crippen LogP contribution in [0, 0.1) is 11.3 Å². The Morgan fingerprint density at radius 3 is 2.74 bits per heavy atom. The van der Waals surface area contributed by atoms with E-state index in [1.807, 2.05) is 0 Å². The van der Waals surface area contributed by atoms with Crippen molar-refractivity contribution in [1.82, 2.24) is 0 Å². The van der Waals surface area contributed by atoms with Gasteiger partial charge in [-0.25, -0.2) is 4.79 Å². The number of aliphatic hydroxyl groups is 1. The fraction of sp³-hybridized carbons (Fsp3) is 0.412. The van der Waals surface area contributed by atoms with E-state index >= 15 is 0 Å². The molecule has 1 aromatic rings. The third-order valence-electron chi connectivity index (χ3n) is 4.42. The molecule has 0 spiro atoms. The van der Waals surface area contributed by atoms with Crippen molar-refractivity contribution >= 4 is 5.97 Å². The van der Waals surface area contributed by atoms with E-state index in [1.165, 1.54) is 6.08 Å². The summed E-state index contributed by atoms with van der Waals surface area (Å²) in [4.78, 5) is 11.2. The second-order valence-corrected chi connectivity index (χ2v) is 6.34. The third kappa shape index (κ3) is 2.43. The zero-order valence-corrected chi connectivity index (χ0v) is 13.1. The summed E-state index contributed by atoms with van der Waals surface area (Å²) < 4.78 is 16.6. The van der Waals surface area contributed by atoms with Crippen molar-refractivity contribution in [2.24, 2.45) is 0 Å². The molecule has 0 bridgehead atoms. The maximum atomic E-state index is 11.2. The van der Waals surface area contributed by atoms with Gasteiger partial charge in [0.1, 0.15) is 29.3 Å². The monoisotopic (exact) mass is 315 g/mol. The minimum absolute atomic E-state index is 0.0278. The number of nitriles is 1. The molecule has 6 nitrogen and oxygen atoms in total. The van der Waals surface area contributed by atoms with E-state index in [0.29, 0.717) is 22.6 Å². The van der Waals surface area contributed by atoms with Crippen molar-refractivity contribution in [3.05, 3.63) is 41.2 Å². The summed E-state index contributed by atoms with van der Waals surface area (Å²) in [5, 5.41) is 20.1. The van der Waals surface area contributed by atoms with Crippen LogP contribution in [0.4, 0.5) is 0 Å². The fourth-order valence-corrected chi connectivity index (χ4v) is 2.67. The van der Waals surface area contributed by atoms with E-state index in [0.717, 1.165) is 0 Å². The standard InChI is InChI=1S/C17H17NO5/c1-16(2)17(3,20)15(22-11-7-14(19)21-9-11)12-6-10(8-18)4-5-13(12)23-16/h4-7,15,20H,9H2,1-3H3. The van der Waals surface area contributed by atoms with Gasteiger partial charge in [-0.3, -0.25) is 0 Å². The number of ether oxygens (including phenoxy) is 3. The van der Waals surface area contributed by atoms with Gasteiger partial charge in [-0.1, -0.05) is 0 Å². The van der Waals surface area contributed by atoms with Gasteiger partial charge in [0.2, 0.25) is 0 Å². The summed E-state index contributed by atoms with van der Waals surface area (Å²) >= 11 is 0. The number of carbonyl (C=O) groups is 1. The summed E-state index contributed by atoms with van der Waals surface area (Å²) in [5.74, 6) is 0.402. The summed E-state index contributed by atoms with van der Waals surface area (Å²) in [6.45, 7) is 5.15. The van der Waals surface area contributed by atoms with Gasteiger partial charge in [-0.05, 0) is 39.0 Å². The first-order valence-corrected chi connectivity index (χ1v) is 7.24. The van der Waals surface area contributed by atoms with Crippen molar-refractivity contribution in [1.29, 1.82) is 5.26 Å². The van der Waals surface area contributed by atoms with Crippen LogP contribution in [0.2, 0.25) is 0 Å². The maximum Gasteiger partial charge on any atom is 0.334 e. The molecule has 0 radical (unpaired) electrons. The van der Waals surface area contributed by atoms with Gasteiger partial charge in [0, 0.05) is 5.56 Å². The van der Waals surface area contributed by atoms with Crippen LogP contribution in [0.3, 0.4) is 0 Å². The number of cyclic esters (lactones) is 1. The third-order valence-corrected chi connectivity index (χ3v) is 4.42. The lowest BCUT2D eigenvalue weighted by Gasteiger charge is -2.49. The summed E-state index contributed by atoms with van der Waals surface area (Å²) in [5.41, 5.74) is -1.32. The first-order valence-electron chi connectivity index (χ1n) is 7.24. The highest BCUT2D eigenvalue weighted by Gasteiger charge is 2.54. The second-order valence-electron chi connectivity index (χ2n) is 6.34. The maximum absolute atomic E-state index is 11.2. The zero-order chi connectivity index (χ0) is 16.8. The van der Waals surface area contributed by atoms with Crippen LogP contribution in [-0.2, 0) is 14.3 Å². The Hall–Kier alpha value is -2.52. The SMILES string of the molecule is CC1(C)Oc2ccc(C#N)cc2C(OC2=CC(=O)OC2)C1(C)O.